The number of unbranched alkanes of at least 4 members (excludes halogenated alkanes) is 1. The molecular weight excluding hydrogens is 229 g/mol. The van der Waals surface area contributed by atoms with Crippen LogP contribution in [0.25, 0.3) is 0 Å². The van der Waals surface area contributed by atoms with Crippen molar-refractivity contribution in [2.75, 3.05) is 14.1 Å². The van der Waals surface area contributed by atoms with E-state index in [-0.39, 0.29) is 24.2 Å². The summed E-state index contributed by atoms with van der Waals surface area (Å²) < 4.78 is 11.8. The number of hydrogen-bond donors (Lipinski definition) is 0. The zero-order valence-corrected chi connectivity index (χ0v) is 12.6. The highest BCUT2D eigenvalue weighted by Crippen LogP contribution is 2.38. The van der Waals surface area contributed by atoms with Gasteiger partial charge in [-0.05, 0) is 40.4 Å². The molecule has 4 nitrogen and oxygen atoms in total. The minimum atomic E-state index is -0.253. The maximum Gasteiger partial charge on any atom is 0.457 e. The van der Waals surface area contributed by atoms with Crippen LogP contribution in [0.1, 0.15) is 47.0 Å². The van der Waals surface area contributed by atoms with Crippen LogP contribution in [0.5, 0.6) is 0 Å². The van der Waals surface area contributed by atoms with E-state index in [1.807, 2.05) is 0 Å². The summed E-state index contributed by atoms with van der Waals surface area (Å²) in [5.41, 5.74) is -0.506. The molecule has 1 heterocycles. The summed E-state index contributed by atoms with van der Waals surface area (Å²) in [6.07, 6.45) is 3.30. The molecular formula is C13H26BNO3. The maximum absolute atomic E-state index is 11.4. The normalized spacial score (nSPS) is 21.1. The smallest absolute Gasteiger partial charge is 0.403 e. The Labute approximate surface area is 111 Å². The van der Waals surface area contributed by atoms with E-state index < -0.39 is 0 Å². The van der Waals surface area contributed by atoms with Crippen molar-refractivity contribution in [3.63, 3.8) is 0 Å². The fourth-order valence-electron chi connectivity index (χ4n) is 1.89. The van der Waals surface area contributed by atoms with Gasteiger partial charge in [-0.15, -0.1) is 0 Å². The Kier molecular flexibility index (Phi) is 4.84. The topological polar surface area (TPSA) is 38.8 Å². The van der Waals surface area contributed by atoms with E-state index in [4.69, 9.17) is 9.31 Å². The van der Waals surface area contributed by atoms with Crippen molar-refractivity contribution < 1.29 is 14.1 Å². The van der Waals surface area contributed by atoms with E-state index >= 15 is 0 Å². The van der Waals surface area contributed by atoms with Gasteiger partial charge in [-0.2, -0.15) is 0 Å². The van der Waals surface area contributed by atoms with Gasteiger partial charge in [0.15, 0.2) is 0 Å². The van der Waals surface area contributed by atoms with Crippen molar-refractivity contribution in [2.45, 2.75) is 64.5 Å². The molecule has 1 aliphatic rings. The van der Waals surface area contributed by atoms with Crippen molar-refractivity contribution >= 4 is 13.0 Å². The molecule has 0 aromatic heterocycles. The Hall–Kier alpha value is -0.545. The Bertz CT molecular complexity index is 287. The molecule has 0 aromatic carbocycles. The molecule has 0 unspecified atom stereocenters. The Morgan fingerprint density at radius 3 is 2.00 bits per heavy atom. The SMILES string of the molecule is CN(C)C(=O)CCCCB1OC(C)(C)C(C)(C)O1. The summed E-state index contributed by atoms with van der Waals surface area (Å²) in [5.74, 6) is 0.184. The van der Waals surface area contributed by atoms with Crippen LogP contribution in [0.3, 0.4) is 0 Å². The average molecular weight is 255 g/mol. The van der Waals surface area contributed by atoms with Gasteiger partial charge < -0.3 is 14.2 Å². The second kappa shape index (κ2) is 5.62. The summed E-state index contributed by atoms with van der Waals surface area (Å²) in [6, 6.07) is 0. The fourth-order valence-corrected chi connectivity index (χ4v) is 1.89. The number of carbonyl (C=O) groups is 1. The van der Waals surface area contributed by atoms with E-state index in [9.17, 15) is 4.79 Å². The highest BCUT2D eigenvalue weighted by atomic mass is 16.7. The van der Waals surface area contributed by atoms with Gasteiger partial charge in [0, 0.05) is 20.5 Å². The summed E-state index contributed by atoms with van der Waals surface area (Å²) >= 11 is 0. The van der Waals surface area contributed by atoms with Gasteiger partial charge >= 0.3 is 7.12 Å². The van der Waals surface area contributed by atoms with Crippen LogP contribution in [0.4, 0.5) is 0 Å². The third kappa shape index (κ3) is 3.72. The quantitative estimate of drug-likeness (QED) is 0.559. The molecule has 5 heteroatoms. The molecule has 0 saturated carbocycles. The van der Waals surface area contributed by atoms with Crippen molar-refractivity contribution in [3.8, 4) is 0 Å². The predicted octanol–water partition coefficient (Wildman–Crippen LogP) is 2.34. The van der Waals surface area contributed by atoms with E-state index in [0.717, 1.165) is 19.2 Å². The monoisotopic (exact) mass is 255 g/mol. The summed E-state index contributed by atoms with van der Waals surface area (Å²) in [6.45, 7) is 8.23. The molecule has 0 atom stereocenters. The van der Waals surface area contributed by atoms with Crippen molar-refractivity contribution in [1.29, 1.82) is 0 Å². The Morgan fingerprint density at radius 1 is 1.06 bits per heavy atom. The molecule has 1 aliphatic heterocycles. The van der Waals surface area contributed by atoms with Crippen LogP contribution in [0.15, 0.2) is 0 Å². The maximum atomic E-state index is 11.4. The number of hydrogen-bond acceptors (Lipinski definition) is 3. The molecule has 0 radical (unpaired) electrons. The molecule has 0 aliphatic carbocycles. The number of rotatable bonds is 5. The highest BCUT2D eigenvalue weighted by Gasteiger charge is 2.50. The fraction of sp³-hybridized carbons (Fsp3) is 0.923. The van der Waals surface area contributed by atoms with E-state index in [1.54, 1.807) is 19.0 Å². The molecule has 18 heavy (non-hydrogen) atoms. The van der Waals surface area contributed by atoms with Gasteiger partial charge in [-0.3, -0.25) is 4.79 Å². The van der Waals surface area contributed by atoms with Gasteiger partial charge in [0.05, 0.1) is 11.2 Å². The second-order valence-corrected chi connectivity index (χ2v) is 6.22. The first-order valence-electron chi connectivity index (χ1n) is 6.71. The molecule has 0 N–H and O–H groups in total. The number of carbonyl (C=O) groups excluding carboxylic acids is 1. The first-order chi connectivity index (χ1) is 8.16. The molecule has 0 spiro atoms. The number of amides is 1. The van der Waals surface area contributed by atoms with Gasteiger partial charge in [0.25, 0.3) is 0 Å². The molecule has 1 fully saturated rings. The average Bonchev–Trinajstić information content (AvgIpc) is 2.42. The third-order valence-electron chi connectivity index (χ3n) is 3.88. The first-order valence-corrected chi connectivity index (χ1v) is 6.71. The summed E-state index contributed by atoms with van der Waals surface area (Å²) in [5, 5.41) is 0. The highest BCUT2D eigenvalue weighted by molar-refractivity contribution is 6.45. The van der Waals surface area contributed by atoms with Gasteiger partial charge in [-0.25, -0.2) is 0 Å². The van der Waals surface area contributed by atoms with Crippen LogP contribution in [0, 0.1) is 0 Å². The van der Waals surface area contributed by atoms with Crippen LogP contribution in [-0.4, -0.2) is 43.2 Å². The van der Waals surface area contributed by atoms with E-state index in [2.05, 4.69) is 27.7 Å². The van der Waals surface area contributed by atoms with Crippen molar-refractivity contribution in [3.05, 3.63) is 0 Å². The van der Waals surface area contributed by atoms with Crippen LogP contribution in [-0.2, 0) is 14.1 Å². The lowest BCUT2D eigenvalue weighted by Crippen LogP contribution is -2.41. The summed E-state index contributed by atoms with van der Waals surface area (Å²) in [7, 11) is 3.44. The zero-order valence-electron chi connectivity index (χ0n) is 12.6. The Balaban J connectivity index is 2.25. The molecule has 104 valence electrons. The van der Waals surface area contributed by atoms with Gasteiger partial charge in [0.2, 0.25) is 5.91 Å². The largest absolute Gasteiger partial charge is 0.457 e. The van der Waals surface area contributed by atoms with Gasteiger partial charge in [-0.1, -0.05) is 6.42 Å². The molecule has 1 saturated heterocycles. The lowest BCUT2D eigenvalue weighted by Gasteiger charge is -2.32. The first kappa shape index (κ1) is 15.5. The minimum Gasteiger partial charge on any atom is -0.403 e. The van der Waals surface area contributed by atoms with E-state index in [0.29, 0.717) is 6.42 Å². The van der Waals surface area contributed by atoms with Crippen molar-refractivity contribution in [2.24, 2.45) is 0 Å². The van der Waals surface area contributed by atoms with Crippen molar-refractivity contribution in [1.82, 2.24) is 4.90 Å². The molecule has 0 bridgehead atoms. The lowest BCUT2D eigenvalue weighted by atomic mass is 9.82. The van der Waals surface area contributed by atoms with Crippen LogP contribution >= 0.6 is 0 Å². The third-order valence-corrected chi connectivity index (χ3v) is 3.88. The predicted molar refractivity (Wildman–Crippen MR) is 73.4 cm³/mol. The molecule has 1 amide bonds. The zero-order chi connectivity index (χ0) is 14.0. The van der Waals surface area contributed by atoms with E-state index in [1.165, 1.54) is 0 Å². The van der Waals surface area contributed by atoms with Crippen LogP contribution < -0.4 is 0 Å². The number of nitrogens with zero attached hydrogens (tertiary/aromatic N) is 1. The standard InChI is InChI=1S/C13H26BNO3/c1-12(2)13(3,4)18-14(17-12)10-8-7-9-11(16)15(5)6/h7-10H2,1-6H3. The summed E-state index contributed by atoms with van der Waals surface area (Å²) in [4.78, 5) is 13.0. The Morgan fingerprint density at radius 2 is 1.56 bits per heavy atom. The minimum absolute atomic E-state index is 0.135. The van der Waals surface area contributed by atoms with Crippen LogP contribution in [0.2, 0.25) is 6.32 Å². The molecule has 0 aromatic rings. The molecule has 1 rings (SSSR count). The van der Waals surface area contributed by atoms with Gasteiger partial charge in [0.1, 0.15) is 0 Å². The lowest BCUT2D eigenvalue weighted by molar-refractivity contribution is -0.128. The second-order valence-electron chi connectivity index (χ2n) is 6.22.